The third-order valence-electron chi connectivity index (χ3n) is 6.47. The molecule has 0 bridgehead atoms. The summed E-state index contributed by atoms with van der Waals surface area (Å²) in [5.74, 6) is -1.22. The van der Waals surface area contributed by atoms with E-state index in [1.165, 1.54) is 5.56 Å². The monoisotopic (exact) mass is 487 g/mol. The molecule has 1 saturated heterocycles. The lowest BCUT2D eigenvalue weighted by molar-refractivity contribution is -0.192. The topological polar surface area (TPSA) is 100 Å². The fourth-order valence-electron chi connectivity index (χ4n) is 4.80. The number of rotatable bonds is 6. The second-order valence-corrected chi connectivity index (χ2v) is 8.39. The van der Waals surface area contributed by atoms with Gasteiger partial charge in [-0.05, 0) is 57.0 Å². The number of carboxylic acids is 1. The zero-order chi connectivity index (χ0) is 25.5. The summed E-state index contributed by atoms with van der Waals surface area (Å²) < 4.78 is 42.7. The number of nitrogens with zero attached hydrogens (tertiary/aromatic N) is 1. The average molecular weight is 488 g/mol. The Kier molecular flexibility index (Phi) is 9.20. The number of likely N-dealkylation sites (N-methyl/N-ethyl adjacent to an activating group) is 1. The van der Waals surface area contributed by atoms with Gasteiger partial charge in [-0.15, -0.1) is 6.58 Å². The molecule has 3 N–H and O–H groups in total. The van der Waals surface area contributed by atoms with Crippen LogP contribution in [-0.4, -0.2) is 74.6 Å². The number of methoxy groups -OCH3 is 2. The van der Waals surface area contributed by atoms with Gasteiger partial charge in [-0.25, -0.2) is 9.59 Å². The Bertz CT molecular complexity index is 880. The number of carbonyl (C=O) groups is 2. The molecule has 2 aliphatic rings. The van der Waals surface area contributed by atoms with E-state index in [0.717, 1.165) is 43.7 Å². The zero-order valence-electron chi connectivity index (χ0n) is 19.6. The highest BCUT2D eigenvalue weighted by atomic mass is 19.4. The van der Waals surface area contributed by atoms with Gasteiger partial charge in [0.05, 0.1) is 14.2 Å². The number of hydrogen-bond acceptors (Lipinski definition) is 5. The molecule has 11 heteroatoms. The van der Waals surface area contributed by atoms with Crippen molar-refractivity contribution in [1.82, 2.24) is 15.5 Å². The molecular formula is C23H32F3N3O5. The van der Waals surface area contributed by atoms with Gasteiger partial charge in [0.1, 0.15) is 0 Å². The highest BCUT2D eigenvalue weighted by molar-refractivity contribution is 5.74. The molecule has 34 heavy (non-hydrogen) atoms. The second kappa shape index (κ2) is 11.5. The lowest BCUT2D eigenvalue weighted by Gasteiger charge is -2.45. The van der Waals surface area contributed by atoms with Gasteiger partial charge in [0.15, 0.2) is 11.5 Å². The number of fused-ring (bicyclic) bond motifs is 1. The van der Waals surface area contributed by atoms with Gasteiger partial charge in [-0.3, -0.25) is 0 Å². The predicted molar refractivity (Wildman–Crippen MR) is 120 cm³/mol. The first-order valence-electron chi connectivity index (χ1n) is 10.9. The average Bonchev–Trinajstić information content (AvgIpc) is 3.14. The molecule has 1 aromatic rings. The van der Waals surface area contributed by atoms with Crippen molar-refractivity contribution < 1.29 is 37.3 Å². The van der Waals surface area contributed by atoms with Crippen molar-refractivity contribution in [3.8, 4) is 11.5 Å². The van der Waals surface area contributed by atoms with Crippen LogP contribution in [0.4, 0.5) is 18.0 Å². The molecule has 0 spiro atoms. The molecule has 190 valence electrons. The van der Waals surface area contributed by atoms with E-state index in [1.807, 2.05) is 6.07 Å². The Morgan fingerprint density at radius 1 is 1.26 bits per heavy atom. The Morgan fingerprint density at radius 3 is 2.47 bits per heavy atom. The first-order chi connectivity index (χ1) is 16.0. The fraction of sp³-hybridized carbons (Fsp3) is 0.565. The lowest BCUT2D eigenvalue weighted by atomic mass is 9.65. The number of nitrogens with one attached hydrogen (secondary N) is 2. The van der Waals surface area contributed by atoms with E-state index in [0.29, 0.717) is 12.6 Å². The third kappa shape index (κ3) is 6.34. The molecule has 0 aromatic heterocycles. The molecule has 3 atom stereocenters. The maximum absolute atomic E-state index is 12.0. The number of amides is 2. The molecule has 1 aliphatic carbocycles. The van der Waals surface area contributed by atoms with Crippen LogP contribution < -0.4 is 20.1 Å². The number of hydrogen-bond donors (Lipinski definition) is 3. The normalized spacial score (nSPS) is 24.2. The third-order valence-corrected chi connectivity index (χ3v) is 6.47. The molecule has 1 aromatic carbocycles. The number of aliphatic carboxylic acids is 1. The van der Waals surface area contributed by atoms with Gasteiger partial charge < -0.3 is 30.1 Å². The maximum atomic E-state index is 12.0. The van der Waals surface area contributed by atoms with Gasteiger partial charge in [-0.1, -0.05) is 12.1 Å². The van der Waals surface area contributed by atoms with Crippen molar-refractivity contribution >= 4 is 12.0 Å². The van der Waals surface area contributed by atoms with Crippen LogP contribution >= 0.6 is 0 Å². The number of urea groups is 1. The summed E-state index contributed by atoms with van der Waals surface area (Å²) in [4.78, 5) is 23.4. The molecule has 1 heterocycles. The minimum Gasteiger partial charge on any atom is -0.493 e. The number of ether oxygens (including phenoxy) is 2. The summed E-state index contributed by atoms with van der Waals surface area (Å²) >= 11 is 0. The smallest absolute Gasteiger partial charge is 0.490 e. The number of carboxylic acid groups (broad SMARTS) is 1. The fourth-order valence-corrected chi connectivity index (χ4v) is 4.80. The van der Waals surface area contributed by atoms with Crippen LogP contribution in [0, 0.1) is 0 Å². The Morgan fingerprint density at radius 2 is 1.91 bits per heavy atom. The van der Waals surface area contributed by atoms with Crippen molar-refractivity contribution in [2.75, 3.05) is 34.4 Å². The minimum absolute atomic E-state index is 0.101. The summed E-state index contributed by atoms with van der Waals surface area (Å²) in [5.41, 5.74) is 1.41. The second-order valence-electron chi connectivity index (χ2n) is 8.39. The summed E-state index contributed by atoms with van der Waals surface area (Å²) in [5, 5.41) is 13.1. The molecule has 1 saturated carbocycles. The number of carbonyl (C=O) groups excluding carboxylic acids is 1. The first-order valence-corrected chi connectivity index (χ1v) is 10.9. The molecule has 2 amide bonds. The summed E-state index contributed by atoms with van der Waals surface area (Å²) in [6.45, 7) is 5.18. The lowest BCUT2D eigenvalue weighted by Crippen LogP contribution is -2.53. The highest BCUT2D eigenvalue weighted by Crippen LogP contribution is 2.49. The largest absolute Gasteiger partial charge is 0.493 e. The summed E-state index contributed by atoms with van der Waals surface area (Å²) in [7, 11) is 5.53. The molecule has 0 radical (unpaired) electrons. The van der Waals surface area contributed by atoms with Gasteiger partial charge in [-0.2, -0.15) is 13.2 Å². The quantitative estimate of drug-likeness (QED) is 0.533. The first kappa shape index (κ1) is 27.3. The van der Waals surface area contributed by atoms with E-state index in [9.17, 15) is 18.0 Å². The number of halogens is 3. The molecule has 1 aliphatic heterocycles. The van der Waals surface area contributed by atoms with Crippen LogP contribution in [-0.2, 0) is 10.2 Å². The van der Waals surface area contributed by atoms with Crippen molar-refractivity contribution in [1.29, 1.82) is 0 Å². The van der Waals surface area contributed by atoms with Gasteiger partial charge in [0.25, 0.3) is 0 Å². The molecule has 3 rings (SSSR count). The number of benzene rings is 1. The van der Waals surface area contributed by atoms with Crippen LogP contribution in [0.1, 0.15) is 31.2 Å². The molecule has 3 unspecified atom stereocenters. The van der Waals surface area contributed by atoms with Crippen molar-refractivity contribution in [3.05, 3.63) is 36.4 Å². The Balaban J connectivity index is 0.000000509. The maximum Gasteiger partial charge on any atom is 0.490 e. The Labute approximate surface area is 197 Å². The van der Waals surface area contributed by atoms with Crippen LogP contribution in [0.15, 0.2) is 30.9 Å². The Hall–Kier alpha value is -2.95. The minimum atomic E-state index is -5.08. The standard InChI is InChI=1S/C21H31N3O3.C2HF3O2/c1-5-11-22-20(25)23-16-8-9-21(10-12-24(2)19(21)14-16)15-6-7-17(26-3)18(13-15)27-4;3-2(4,5)1(6)7/h5-7,13,16,19H,1,8-12,14H2,2-4H3,(H2,22,23,25);(H,6,7). The van der Waals surface area contributed by atoms with Crippen LogP contribution in [0.3, 0.4) is 0 Å². The van der Waals surface area contributed by atoms with Crippen molar-refractivity contribution in [2.24, 2.45) is 0 Å². The predicted octanol–water partition coefficient (Wildman–Crippen LogP) is 3.32. The summed E-state index contributed by atoms with van der Waals surface area (Å²) in [6.07, 6.45) is 0.697. The van der Waals surface area contributed by atoms with E-state index < -0.39 is 12.1 Å². The number of likely N-dealkylation sites (tertiary alicyclic amines) is 1. The van der Waals surface area contributed by atoms with E-state index in [-0.39, 0.29) is 17.5 Å². The van der Waals surface area contributed by atoms with Crippen LogP contribution in [0.25, 0.3) is 0 Å². The number of alkyl halides is 3. The summed E-state index contributed by atoms with van der Waals surface area (Å²) in [6, 6.07) is 6.79. The van der Waals surface area contributed by atoms with Crippen LogP contribution in [0.5, 0.6) is 11.5 Å². The molecular weight excluding hydrogens is 455 g/mol. The van der Waals surface area contributed by atoms with E-state index in [2.05, 4.69) is 41.3 Å². The van der Waals surface area contributed by atoms with Crippen molar-refractivity contribution in [2.45, 2.75) is 49.4 Å². The van der Waals surface area contributed by atoms with E-state index in [1.54, 1.807) is 20.3 Å². The molecule has 2 fully saturated rings. The van der Waals surface area contributed by atoms with Crippen LogP contribution in [0.2, 0.25) is 0 Å². The molecule has 8 nitrogen and oxygen atoms in total. The zero-order valence-corrected chi connectivity index (χ0v) is 19.6. The van der Waals surface area contributed by atoms with Gasteiger partial charge in [0.2, 0.25) is 0 Å². The van der Waals surface area contributed by atoms with Gasteiger partial charge >= 0.3 is 18.2 Å². The SMILES string of the molecule is C=CCNC(=O)NC1CCC2(c3ccc(OC)c(OC)c3)CCN(C)C2C1.O=C(O)C(F)(F)F. The van der Waals surface area contributed by atoms with E-state index >= 15 is 0 Å². The highest BCUT2D eigenvalue weighted by Gasteiger charge is 2.50. The van der Waals surface area contributed by atoms with Gasteiger partial charge in [0, 0.05) is 24.0 Å². The van der Waals surface area contributed by atoms with E-state index in [4.69, 9.17) is 19.4 Å². The van der Waals surface area contributed by atoms with Crippen molar-refractivity contribution in [3.63, 3.8) is 0 Å².